The Kier molecular flexibility index (Phi) is 4.83. The minimum absolute atomic E-state index is 0.0155. The molecule has 1 aliphatic carbocycles. The second-order valence-corrected chi connectivity index (χ2v) is 7.27. The van der Waals surface area contributed by atoms with Crippen LogP contribution in [0.1, 0.15) is 36.5 Å². The molecule has 1 saturated heterocycles. The van der Waals surface area contributed by atoms with Gasteiger partial charge in [0.25, 0.3) is 0 Å². The lowest BCUT2D eigenvalue weighted by Gasteiger charge is -2.38. The van der Waals surface area contributed by atoms with Crippen LogP contribution in [0.25, 0.3) is 0 Å². The summed E-state index contributed by atoms with van der Waals surface area (Å²) in [5.41, 5.74) is 2.04. The summed E-state index contributed by atoms with van der Waals surface area (Å²) < 4.78 is 26.0. The number of carbonyl (C=O) groups is 1. The maximum atomic E-state index is 14.4. The van der Waals surface area contributed by atoms with Gasteiger partial charge in [-0.1, -0.05) is 19.1 Å². The molecule has 0 bridgehead atoms. The summed E-state index contributed by atoms with van der Waals surface area (Å²) in [7, 11) is 0. The van der Waals surface area contributed by atoms with Crippen molar-refractivity contribution in [1.29, 1.82) is 0 Å². The Morgan fingerprint density at radius 2 is 2.12 bits per heavy atom. The predicted molar refractivity (Wildman–Crippen MR) is 94.5 cm³/mol. The van der Waals surface area contributed by atoms with Crippen LogP contribution in [-0.4, -0.2) is 18.2 Å². The number of rotatable bonds is 5. The maximum absolute atomic E-state index is 14.4. The zero-order valence-electron chi connectivity index (χ0n) is 15.1. The molecule has 4 heteroatoms. The summed E-state index contributed by atoms with van der Waals surface area (Å²) >= 11 is 0. The fraction of sp³-hybridized carbons (Fsp3) is 0.476. The van der Waals surface area contributed by atoms with E-state index < -0.39 is 5.60 Å². The third-order valence-corrected chi connectivity index (χ3v) is 5.61. The maximum Gasteiger partial charge on any atom is 0.189 e. The van der Waals surface area contributed by atoms with Crippen molar-refractivity contribution in [3.05, 3.63) is 59.1 Å². The minimum Gasteiger partial charge on any atom is -0.469 e. The van der Waals surface area contributed by atoms with Gasteiger partial charge in [0.05, 0.1) is 0 Å². The molecule has 0 saturated carbocycles. The van der Waals surface area contributed by atoms with E-state index in [1.54, 1.807) is 18.2 Å². The van der Waals surface area contributed by atoms with Gasteiger partial charge in [0, 0.05) is 12.0 Å². The fourth-order valence-electron chi connectivity index (χ4n) is 3.91. The number of ketones is 1. The van der Waals surface area contributed by atoms with Gasteiger partial charge < -0.3 is 9.47 Å². The van der Waals surface area contributed by atoms with Crippen LogP contribution in [0.2, 0.25) is 0 Å². The molecule has 1 aliphatic heterocycles. The number of carbonyl (C=O) groups excluding carboxylic acids is 1. The van der Waals surface area contributed by atoms with Gasteiger partial charge in [-0.2, -0.15) is 0 Å². The highest BCUT2D eigenvalue weighted by atomic mass is 19.1. The number of allylic oxidation sites excluding steroid dienone is 2. The highest BCUT2D eigenvalue weighted by molar-refractivity contribution is 5.93. The van der Waals surface area contributed by atoms with Crippen molar-refractivity contribution in [2.75, 3.05) is 6.79 Å². The van der Waals surface area contributed by atoms with Gasteiger partial charge in [-0.05, 0) is 61.8 Å². The first-order valence-electron chi connectivity index (χ1n) is 8.76. The van der Waals surface area contributed by atoms with Crippen molar-refractivity contribution in [2.45, 2.75) is 45.6 Å². The second kappa shape index (κ2) is 6.75. The number of ether oxygens (including phenoxy) is 2. The van der Waals surface area contributed by atoms with Gasteiger partial charge in [-0.15, -0.1) is 6.58 Å². The first kappa shape index (κ1) is 17.9. The molecule has 2 aliphatic rings. The first-order chi connectivity index (χ1) is 11.9. The van der Waals surface area contributed by atoms with Crippen LogP contribution in [0, 0.1) is 31.5 Å². The van der Waals surface area contributed by atoms with E-state index in [2.05, 4.69) is 6.58 Å². The van der Waals surface area contributed by atoms with E-state index in [9.17, 15) is 9.18 Å². The smallest absolute Gasteiger partial charge is 0.189 e. The van der Waals surface area contributed by atoms with E-state index in [1.165, 1.54) is 0 Å². The molecule has 0 radical (unpaired) electrons. The number of hydrogen-bond acceptors (Lipinski definition) is 3. The third kappa shape index (κ3) is 3.15. The first-order valence-corrected chi connectivity index (χ1v) is 8.76. The largest absolute Gasteiger partial charge is 0.469 e. The van der Waals surface area contributed by atoms with Crippen LogP contribution < -0.4 is 0 Å². The van der Waals surface area contributed by atoms with Crippen molar-refractivity contribution in [2.24, 2.45) is 11.8 Å². The predicted octanol–water partition coefficient (Wildman–Crippen LogP) is 4.41. The average Bonchev–Trinajstić information content (AvgIpc) is 2.97. The van der Waals surface area contributed by atoms with Crippen molar-refractivity contribution in [1.82, 2.24) is 0 Å². The molecule has 134 valence electrons. The van der Waals surface area contributed by atoms with E-state index in [-0.39, 0.29) is 30.2 Å². The van der Waals surface area contributed by atoms with E-state index in [0.717, 1.165) is 11.1 Å². The average molecular weight is 344 g/mol. The van der Waals surface area contributed by atoms with Gasteiger partial charge >= 0.3 is 0 Å². The molecule has 25 heavy (non-hydrogen) atoms. The highest BCUT2D eigenvalue weighted by Crippen LogP contribution is 2.46. The second-order valence-electron chi connectivity index (χ2n) is 7.27. The third-order valence-electron chi connectivity index (χ3n) is 5.61. The molecule has 1 fully saturated rings. The molecular weight excluding hydrogens is 319 g/mol. The normalized spacial score (nSPS) is 26.6. The molecule has 1 unspecified atom stereocenters. The van der Waals surface area contributed by atoms with Crippen LogP contribution in [-0.2, 0) is 20.7 Å². The van der Waals surface area contributed by atoms with Gasteiger partial charge in [0.2, 0.25) is 0 Å². The zero-order chi connectivity index (χ0) is 18.2. The molecule has 0 aromatic heterocycles. The molecule has 3 rings (SSSR count). The van der Waals surface area contributed by atoms with E-state index >= 15 is 0 Å². The SMILES string of the molecule is C=CCC1C[C@]2([C@@H](C)Cc3cc(C)c(C)cc3F)OCOC2=CC1=O. The van der Waals surface area contributed by atoms with Gasteiger partial charge in [-0.25, -0.2) is 4.39 Å². The number of halogens is 1. The van der Waals surface area contributed by atoms with E-state index in [4.69, 9.17) is 9.47 Å². The lowest BCUT2D eigenvalue weighted by Crippen LogP contribution is -2.45. The molecule has 0 amide bonds. The fourth-order valence-corrected chi connectivity index (χ4v) is 3.91. The Morgan fingerprint density at radius 1 is 1.40 bits per heavy atom. The van der Waals surface area contributed by atoms with E-state index in [1.807, 2.05) is 26.8 Å². The molecule has 1 heterocycles. The Balaban J connectivity index is 1.90. The zero-order valence-corrected chi connectivity index (χ0v) is 15.1. The summed E-state index contributed by atoms with van der Waals surface area (Å²) in [5, 5.41) is 0. The summed E-state index contributed by atoms with van der Waals surface area (Å²) in [6.07, 6.45) is 5.02. The Labute approximate surface area is 148 Å². The Bertz CT molecular complexity index is 737. The Hall–Kier alpha value is -1.94. The van der Waals surface area contributed by atoms with Crippen molar-refractivity contribution >= 4 is 5.78 Å². The van der Waals surface area contributed by atoms with Crippen molar-refractivity contribution in [3.63, 3.8) is 0 Å². The van der Waals surface area contributed by atoms with Crippen molar-refractivity contribution in [3.8, 4) is 0 Å². The minimum atomic E-state index is -0.660. The highest BCUT2D eigenvalue weighted by Gasteiger charge is 2.51. The molecule has 1 aromatic carbocycles. The molecule has 0 N–H and O–H groups in total. The molecule has 0 spiro atoms. The molecule has 3 nitrogen and oxygen atoms in total. The van der Waals surface area contributed by atoms with Crippen LogP contribution in [0.4, 0.5) is 4.39 Å². The lowest BCUT2D eigenvalue weighted by molar-refractivity contribution is -0.123. The Morgan fingerprint density at radius 3 is 2.84 bits per heavy atom. The van der Waals surface area contributed by atoms with Crippen molar-refractivity contribution < 1.29 is 18.7 Å². The van der Waals surface area contributed by atoms with Gasteiger partial charge in [-0.3, -0.25) is 4.79 Å². The van der Waals surface area contributed by atoms with Crippen LogP contribution in [0.5, 0.6) is 0 Å². The van der Waals surface area contributed by atoms with Gasteiger partial charge in [0.1, 0.15) is 17.2 Å². The standard InChI is InChI=1S/C21H25FO3/c1-5-6-16-11-21(20(10-19(16)23)24-12-25-21)15(4)9-17-7-13(2)14(3)8-18(17)22/h5,7-8,10,15-16H,1,6,9,11-12H2,2-4H3/t15-,16?,21+/m0/s1. The number of benzene rings is 1. The summed E-state index contributed by atoms with van der Waals surface area (Å²) in [6.45, 7) is 9.82. The van der Waals surface area contributed by atoms with Crippen LogP contribution in [0.15, 0.2) is 36.6 Å². The van der Waals surface area contributed by atoms with Crippen LogP contribution in [0.3, 0.4) is 0 Å². The monoisotopic (exact) mass is 344 g/mol. The quantitative estimate of drug-likeness (QED) is 0.742. The lowest BCUT2D eigenvalue weighted by atomic mass is 9.71. The topological polar surface area (TPSA) is 35.5 Å². The van der Waals surface area contributed by atoms with E-state index in [0.29, 0.717) is 30.6 Å². The van der Waals surface area contributed by atoms with Crippen LogP contribution >= 0.6 is 0 Å². The molecule has 1 aromatic rings. The molecular formula is C21H25FO3. The summed E-state index contributed by atoms with van der Waals surface area (Å²) in [5.74, 6) is 0.286. The summed E-state index contributed by atoms with van der Waals surface area (Å²) in [6, 6.07) is 3.49. The number of hydrogen-bond donors (Lipinski definition) is 0. The number of fused-ring (bicyclic) bond motifs is 1. The molecule has 3 atom stereocenters. The van der Waals surface area contributed by atoms with Gasteiger partial charge in [0.15, 0.2) is 12.6 Å². The summed E-state index contributed by atoms with van der Waals surface area (Å²) in [4.78, 5) is 12.3. The number of aryl methyl sites for hydroxylation is 2.